The lowest BCUT2D eigenvalue weighted by molar-refractivity contribution is -0.0697. The Bertz CT molecular complexity index is 280. The maximum absolute atomic E-state index is 8.68. The first-order chi connectivity index (χ1) is 7.72. The Morgan fingerprint density at radius 3 is 2.12 bits per heavy atom. The van der Waals surface area contributed by atoms with Crippen LogP contribution in [0.3, 0.4) is 0 Å². The van der Waals surface area contributed by atoms with Crippen LogP contribution in [0.5, 0.6) is 0 Å². The predicted octanol–water partition coefficient (Wildman–Crippen LogP) is 2.70. The van der Waals surface area contributed by atoms with Gasteiger partial charge in [0, 0.05) is 6.04 Å². The molecular formula is C14H22N2. The lowest BCUT2D eigenvalue weighted by atomic mass is 9.48. The van der Waals surface area contributed by atoms with E-state index in [9.17, 15) is 0 Å². The van der Waals surface area contributed by atoms with Gasteiger partial charge in [-0.1, -0.05) is 0 Å². The van der Waals surface area contributed by atoms with Crippen LogP contribution in [0.4, 0.5) is 0 Å². The molecule has 0 saturated heterocycles. The first kappa shape index (κ1) is 10.6. The molecule has 4 fully saturated rings. The van der Waals surface area contributed by atoms with Crippen LogP contribution in [0, 0.1) is 34.5 Å². The Hall–Kier alpha value is -0.550. The van der Waals surface area contributed by atoms with E-state index >= 15 is 0 Å². The van der Waals surface area contributed by atoms with Gasteiger partial charge in [0.05, 0.1) is 12.6 Å². The van der Waals surface area contributed by atoms with Crippen molar-refractivity contribution in [3.8, 4) is 6.07 Å². The maximum atomic E-state index is 8.68. The Morgan fingerprint density at radius 1 is 1.19 bits per heavy atom. The lowest BCUT2D eigenvalue weighted by Gasteiger charge is -2.59. The SMILES string of the molecule is CC(NCC#N)C12CC3CC(CC(C3)C1)C2. The highest BCUT2D eigenvalue weighted by atomic mass is 14.9. The zero-order chi connectivity index (χ0) is 11.2. The van der Waals surface area contributed by atoms with Crippen molar-refractivity contribution in [2.75, 3.05) is 6.54 Å². The van der Waals surface area contributed by atoms with Crippen molar-refractivity contribution in [2.45, 2.75) is 51.5 Å². The zero-order valence-electron chi connectivity index (χ0n) is 10.2. The summed E-state index contributed by atoms with van der Waals surface area (Å²) in [5.41, 5.74) is 0.547. The van der Waals surface area contributed by atoms with Gasteiger partial charge < -0.3 is 5.32 Å². The summed E-state index contributed by atoms with van der Waals surface area (Å²) in [4.78, 5) is 0. The molecule has 4 saturated carbocycles. The van der Waals surface area contributed by atoms with Gasteiger partial charge in [0.2, 0.25) is 0 Å². The molecule has 2 heteroatoms. The number of nitrogens with one attached hydrogen (secondary N) is 1. The average molecular weight is 218 g/mol. The van der Waals surface area contributed by atoms with Crippen molar-refractivity contribution in [3.05, 3.63) is 0 Å². The third kappa shape index (κ3) is 1.57. The molecule has 1 N–H and O–H groups in total. The molecule has 0 amide bonds. The van der Waals surface area contributed by atoms with E-state index in [0.29, 0.717) is 18.0 Å². The van der Waals surface area contributed by atoms with E-state index in [4.69, 9.17) is 5.26 Å². The molecule has 4 rings (SSSR count). The smallest absolute Gasteiger partial charge is 0.0843 e. The zero-order valence-corrected chi connectivity index (χ0v) is 10.2. The summed E-state index contributed by atoms with van der Waals surface area (Å²) >= 11 is 0. The summed E-state index contributed by atoms with van der Waals surface area (Å²) in [6.07, 6.45) is 8.80. The van der Waals surface area contributed by atoms with Crippen LogP contribution in [0.2, 0.25) is 0 Å². The molecule has 0 heterocycles. The third-order valence-corrected chi connectivity index (χ3v) is 5.49. The van der Waals surface area contributed by atoms with Gasteiger partial charge in [0.15, 0.2) is 0 Å². The van der Waals surface area contributed by atoms with Crippen molar-refractivity contribution < 1.29 is 0 Å². The first-order valence-electron chi connectivity index (χ1n) is 6.82. The molecule has 0 spiro atoms. The van der Waals surface area contributed by atoms with E-state index < -0.39 is 0 Å². The van der Waals surface area contributed by atoms with Gasteiger partial charge >= 0.3 is 0 Å². The average Bonchev–Trinajstić information content (AvgIpc) is 2.24. The highest BCUT2D eigenvalue weighted by Crippen LogP contribution is 2.61. The van der Waals surface area contributed by atoms with E-state index in [1.54, 1.807) is 0 Å². The van der Waals surface area contributed by atoms with Gasteiger partial charge in [-0.2, -0.15) is 5.26 Å². The number of rotatable bonds is 3. The van der Waals surface area contributed by atoms with Crippen LogP contribution in [0.15, 0.2) is 0 Å². The molecule has 0 radical (unpaired) electrons. The maximum Gasteiger partial charge on any atom is 0.0843 e. The van der Waals surface area contributed by atoms with Gasteiger partial charge in [-0.25, -0.2) is 0 Å². The molecule has 4 bridgehead atoms. The fraction of sp³-hybridized carbons (Fsp3) is 0.929. The number of nitrogens with zero attached hydrogens (tertiary/aromatic N) is 1. The summed E-state index contributed by atoms with van der Waals surface area (Å²) in [6.45, 7) is 2.83. The molecule has 0 aromatic carbocycles. The summed E-state index contributed by atoms with van der Waals surface area (Å²) in [7, 11) is 0. The van der Waals surface area contributed by atoms with Crippen molar-refractivity contribution in [3.63, 3.8) is 0 Å². The largest absolute Gasteiger partial charge is 0.301 e. The van der Waals surface area contributed by atoms with Gasteiger partial charge in [0.1, 0.15) is 0 Å². The topological polar surface area (TPSA) is 35.8 Å². The molecule has 1 atom stereocenters. The summed E-state index contributed by atoms with van der Waals surface area (Å²) < 4.78 is 0. The standard InChI is InChI=1S/C14H22N2/c1-10(16-3-2-15)14-7-11-4-12(8-14)6-13(5-11)9-14/h10-13,16H,3-9H2,1H3. The van der Waals surface area contributed by atoms with Gasteiger partial charge in [0.25, 0.3) is 0 Å². The van der Waals surface area contributed by atoms with Crippen LogP contribution in [0.25, 0.3) is 0 Å². The van der Waals surface area contributed by atoms with Crippen LogP contribution in [0.1, 0.15) is 45.4 Å². The van der Waals surface area contributed by atoms with Crippen molar-refractivity contribution in [2.24, 2.45) is 23.2 Å². The molecule has 16 heavy (non-hydrogen) atoms. The van der Waals surface area contributed by atoms with Crippen LogP contribution < -0.4 is 5.32 Å². The second-order valence-corrected chi connectivity index (χ2v) is 6.54. The van der Waals surface area contributed by atoms with E-state index in [2.05, 4.69) is 18.3 Å². The van der Waals surface area contributed by atoms with E-state index in [0.717, 1.165) is 17.8 Å². The highest BCUT2D eigenvalue weighted by molar-refractivity contribution is 5.05. The summed E-state index contributed by atoms with van der Waals surface area (Å²) in [6, 6.07) is 2.76. The lowest BCUT2D eigenvalue weighted by Crippen LogP contribution is -2.54. The van der Waals surface area contributed by atoms with E-state index in [1.165, 1.54) is 38.5 Å². The second kappa shape index (κ2) is 3.74. The predicted molar refractivity (Wildman–Crippen MR) is 63.7 cm³/mol. The minimum atomic E-state index is 0.517. The monoisotopic (exact) mass is 218 g/mol. The normalized spacial score (nSPS) is 46.6. The minimum absolute atomic E-state index is 0.517. The Labute approximate surface area is 98.4 Å². The molecule has 2 nitrogen and oxygen atoms in total. The fourth-order valence-electron chi connectivity index (χ4n) is 5.12. The van der Waals surface area contributed by atoms with Crippen LogP contribution in [-0.2, 0) is 0 Å². The molecule has 0 aliphatic heterocycles. The van der Waals surface area contributed by atoms with Crippen molar-refractivity contribution in [1.29, 1.82) is 5.26 Å². The van der Waals surface area contributed by atoms with E-state index in [1.807, 2.05) is 0 Å². The summed E-state index contributed by atoms with van der Waals surface area (Å²) in [5.74, 6) is 3.03. The Morgan fingerprint density at radius 2 is 1.69 bits per heavy atom. The van der Waals surface area contributed by atoms with Crippen molar-refractivity contribution in [1.82, 2.24) is 5.32 Å². The molecular weight excluding hydrogens is 196 g/mol. The van der Waals surface area contributed by atoms with Crippen LogP contribution in [-0.4, -0.2) is 12.6 Å². The number of nitriles is 1. The van der Waals surface area contributed by atoms with Gasteiger partial charge in [-0.15, -0.1) is 0 Å². The number of hydrogen-bond acceptors (Lipinski definition) is 2. The Kier molecular flexibility index (Phi) is 2.47. The molecule has 4 aliphatic rings. The Balaban J connectivity index is 1.75. The molecule has 0 aromatic rings. The molecule has 0 aromatic heterocycles. The van der Waals surface area contributed by atoms with E-state index in [-0.39, 0.29) is 0 Å². The quantitative estimate of drug-likeness (QED) is 0.739. The minimum Gasteiger partial charge on any atom is -0.301 e. The summed E-state index contributed by atoms with van der Waals surface area (Å²) in [5, 5.41) is 12.1. The van der Waals surface area contributed by atoms with Gasteiger partial charge in [-0.3, -0.25) is 0 Å². The molecule has 1 unspecified atom stereocenters. The van der Waals surface area contributed by atoms with Gasteiger partial charge in [-0.05, 0) is 68.6 Å². The second-order valence-electron chi connectivity index (χ2n) is 6.54. The fourth-order valence-corrected chi connectivity index (χ4v) is 5.12. The van der Waals surface area contributed by atoms with Crippen molar-refractivity contribution >= 4 is 0 Å². The third-order valence-electron chi connectivity index (χ3n) is 5.49. The highest BCUT2D eigenvalue weighted by Gasteiger charge is 2.52. The number of hydrogen-bond donors (Lipinski definition) is 1. The molecule has 88 valence electrons. The first-order valence-corrected chi connectivity index (χ1v) is 6.82. The molecule has 4 aliphatic carbocycles. The van der Waals surface area contributed by atoms with Crippen LogP contribution >= 0.6 is 0 Å².